The molecule has 0 unspecified atom stereocenters. The Morgan fingerprint density at radius 2 is 2.05 bits per heavy atom. The van der Waals surface area contributed by atoms with E-state index in [1.165, 1.54) is 12.1 Å². The minimum absolute atomic E-state index is 0.0492. The molecule has 0 bridgehead atoms. The number of aryl methyl sites for hydroxylation is 1. The van der Waals surface area contributed by atoms with Crippen molar-refractivity contribution in [2.45, 2.75) is 6.92 Å². The van der Waals surface area contributed by atoms with E-state index in [9.17, 15) is 14.9 Å². The maximum Gasteiger partial charge on any atom is 0.271 e. The van der Waals surface area contributed by atoms with E-state index in [4.69, 9.17) is 5.26 Å². The molecule has 1 aromatic carbocycles. The van der Waals surface area contributed by atoms with Gasteiger partial charge in [0.05, 0.1) is 4.92 Å². The van der Waals surface area contributed by atoms with Gasteiger partial charge in [-0.2, -0.15) is 5.26 Å². The minimum Gasteiger partial charge on any atom is -0.325 e. The average molecular weight is 381 g/mol. The summed E-state index contributed by atoms with van der Waals surface area (Å²) in [5.41, 5.74) is 0.847. The van der Waals surface area contributed by atoms with Crippen molar-refractivity contribution in [1.29, 1.82) is 5.26 Å². The molecule has 0 spiro atoms. The van der Waals surface area contributed by atoms with Gasteiger partial charge in [-0.3, -0.25) is 14.9 Å². The van der Waals surface area contributed by atoms with E-state index >= 15 is 0 Å². The number of aromatic nitrogens is 1. The number of H-pyrrole nitrogens is 1. The van der Waals surface area contributed by atoms with Crippen molar-refractivity contribution in [3.8, 4) is 17.2 Å². The maximum atomic E-state index is 11.8. The van der Waals surface area contributed by atoms with Crippen molar-refractivity contribution in [3.05, 3.63) is 59.6 Å². The van der Waals surface area contributed by atoms with Crippen LogP contribution in [0.3, 0.4) is 0 Å². The predicted octanol–water partition coefficient (Wildman–Crippen LogP) is 2.73. The smallest absolute Gasteiger partial charge is 0.271 e. The number of rotatable bonds is 2. The lowest BCUT2D eigenvalue weighted by molar-refractivity contribution is -0.384. The number of hydrogen-bond acceptors (Lipinski definition) is 4. The number of nitro groups is 1. The minimum atomic E-state index is -0.502. The number of non-ortho nitro benzene ring substituents is 1. The van der Waals surface area contributed by atoms with Crippen LogP contribution >= 0.6 is 22.6 Å². The Kier molecular flexibility index (Phi) is 3.85. The number of benzene rings is 1. The number of nitrogens with zero attached hydrogens (tertiary/aromatic N) is 2. The fourth-order valence-electron chi connectivity index (χ4n) is 1.86. The number of pyridine rings is 1. The molecular weight excluding hydrogens is 373 g/mol. The molecule has 0 saturated heterocycles. The molecule has 2 aromatic rings. The van der Waals surface area contributed by atoms with Crippen LogP contribution in [0.15, 0.2) is 29.1 Å². The molecule has 1 N–H and O–H groups in total. The van der Waals surface area contributed by atoms with Gasteiger partial charge in [-0.1, -0.05) is 0 Å². The molecule has 0 aliphatic heterocycles. The Hall–Kier alpha value is -2.21. The molecular formula is C13H8IN3O3. The first-order chi connectivity index (χ1) is 9.42. The number of halogens is 1. The maximum absolute atomic E-state index is 11.8. The Labute approximate surface area is 127 Å². The van der Waals surface area contributed by atoms with E-state index in [0.717, 1.165) is 0 Å². The SMILES string of the molecule is Cc1cc(-c2cc(I)cc([N+](=O)[O-])c2)c(C#N)c(=O)[nH]1. The Bertz CT molecular complexity index is 805. The van der Waals surface area contributed by atoms with Crippen LogP contribution < -0.4 is 5.56 Å². The molecule has 20 heavy (non-hydrogen) atoms. The number of nitro benzene ring substituents is 1. The lowest BCUT2D eigenvalue weighted by Crippen LogP contribution is -2.12. The van der Waals surface area contributed by atoms with Crippen LogP contribution in [0.25, 0.3) is 11.1 Å². The molecule has 0 aliphatic rings. The molecule has 0 saturated carbocycles. The largest absolute Gasteiger partial charge is 0.325 e. The summed E-state index contributed by atoms with van der Waals surface area (Å²) in [4.78, 5) is 24.7. The van der Waals surface area contributed by atoms with Crippen LogP contribution in [0.4, 0.5) is 5.69 Å². The topological polar surface area (TPSA) is 99.8 Å². The first kappa shape index (κ1) is 14.2. The van der Waals surface area contributed by atoms with Crippen LogP contribution in [0.5, 0.6) is 0 Å². The van der Waals surface area contributed by atoms with Crippen molar-refractivity contribution < 1.29 is 4.92 Å². The Morgan fingerprint density at radius 1 is 1.35 bits per heavy atom. The fraction of sp³-hybridized carbons (Fsp3) is 0.0769. The summed E-state index contributed by atoms with van der Waals surface area (Å²) >= 11 is 1.96. The van der Waals surface area contributed by atoms with Crippen LogP contribution in [0.2, 0.25) is 0 Å². The molecule has 0 aliphatic carbocycles. The van der Waals surface area contributed by atoms with E-state index < -0.39 is 10.5 Å². The summed E-state index contributed by atoms with van der Waals surface area (Å²) in [6, 6.07) is 7.96. The molecule has 7 heteroatoms. The average Bonchev–Trinajstić information content (AvgIpc) is 2.37. The number of aromatic amines is 1. The zero-order valence-corrected chi connectivity index (χ0v) is 12.5. The summed E-state index contributed by atoms with van der Waals surface area (Å²) in [6.07, 6.45) is 0. The third-order valence-corrected chi connectivity index (χ3v) is 3.31. The van der Waals surface area contributed by atoms with Gasteiger partial charge in [-0.25, -0.2) is 0 Å². The van der Waals surface area contributed by atoms with Crippen LogP contribution in [0.1, 0.15) is 11.3 Å². The highest BCUT2D eigenvalue weighted by Gasteiger charge is 2.15. The van der Waals surface area contributed by atoms with E-state index in [0.29, 0.717) is 20.4 Å². The first-order valence-corrected chi connectivity index (χ1v) is 6.59. The predicted molar refractivity (Wildman–Crippen MR) is 81.3 cm³/mol. The molecule has 2 rings (SSSR count). The number of hydrogen-bond donors (Lipinski definition) is 1. The van der Waals surface area contributed by atoms with Gasteiger partial charge in [-0.15, -0.1) is 0 Å². The fourth-order valence-corrected chi connectivity index (χ4v) is 2.52. The van der Waals surface area contributed by atoms with Gasteiger partial charge < -0.3 is 4.98 Å². The quantitative estimate of drug-likeness (QED) is 0.491. The van der Waals surface area contributed by atoms with Gasteiger partial charge in [-0.05, 0) is 47.2 Å². The van der Waals surface area contributed by atoms with Gasteiger partial charge in [0.25, 0.3) is 11.2 Å². The van der Waals surface area contributed by atoms with Gasteiger partial charge in [0.1, 0.15) is 11.6 Å². The normalized spacial score (nSPS) is 10.1. The highest BCUT2D eigenvalue weighted by Crippen LogP contribution is 2.28. The van der Waals surface area contributed by atoms with E-state index in [-0.39, 0.29) is 11.3 Å². The van der Waals surface area contributed by atoms with Crippen LogP contribution in [-0.2, 0) is 0 Å². The van der Waals surface area contributed by atoms with Gasteiger partial charge >= 0.3 is 0 Å². The lowest BCUT2D eigenvalue weighted by Gasteiger charge is -2.06. The molecule has 1 heterocycles. The third kappa shape index (κ3) is 2.70. The van der Waals surface area contributed by atoms with E-state index in [1.54, 1.807) is 19.1 Å². The summed E-state index contributed by atoms with van der Waals surface area (Å²) < 4.78 is 0.661. The molecule has 6 nitrogen and oxygen atoms in total. The van der Waals surface area contributed by atoms with Crippen molar-refractivity contribution in [3.63, 3.8) is 0 Å². The number of nitrogens with one attached hydrogen (secondary N) is 1. The zero-order chi connectivity index (χ0) is 14.9. The van der Waals surface area contributed by atoms with E-state index in [2.05, 4.69) is 4.98 Å². The van der Waals surface area contributed by atoms with Crippen molar-refractivity contribution in [1.82, 2.24) is 4.98 Å². The highest BCUT2D eigenvalue weighted by molar-refractivity contribution is 14.1. The van der Waals surface area contributed by atoms with Gasteiger partial charge in [0, 0.05) is 27.0 Å². The number of nitriles is 1. The Balaban J connectivity index is 2.78. The van der Waals surface area contributed by atoms with Gasteiger partial charge in [0.2, 0.25) is 0 Å². The van der Waals surface area contributed by atoms with Crippen molar-refractivity contribution in [2.75, 3.05) is 0 Å². The summed E-state index contributed by atoms with van der Waals surface area (Å²) in [5, 5.41) is 20.0. The second kappa shape index (κ2) is 5.42. The first-order valence-electron chi connectivity index (χ1n) is 5.51. The third-order valence-electron chi connectivity index (χ3n) is 2.68. The highest BCUT2D eigenvalue weighted by atomic mass is 127. The molecule has 1 aromatic heterocycles. The summed E-state index contributed by atoms with van der Waals surface area (Å²) in [7, 11) is 0. The molecule has 0 fully saturated rings. The summed E-state index contributed by atoms with van der Waals surface area (Å²) in [6.45, 7) is 1.69. The van der Waals surface area contributed by atoms with Crippen LogP contribution in [0, 0.1) is 31.9 Å². The van der Waals surface area contributed by atoms with Crippen molar-refractivity contribution >= 4 is 28.3 Å². The molecule has 0 amide bonds. The standard InChI is InChI=1S/C13H8IN3O3/c1-7-2-11(12(6-15)13(18)16-7)8-3-9(14)5-10(4-8)17(19)20/h2-5H,1H3,(H,16,18). The van der Waals surface area contributed by atoms with Crippen LogP contribution in [-0.4, -0.2) is 9.91 Å². The second-order valence-electron chi connectivity index (χ2n) is 4.14. The molecule has 100 valence electrons. The second-order valence-corrected chi connectivity index (χ2v) is 5.38. The summed E-state index contributed by atoms with van der Waals surface area (Å²) in [5.74, 6) is 0. The van der Waals surface area contributed by atoms with Gasteiger partial charge in [0.15, 0.2) is 0 Å². The van der Waals surface area contributed by atoms with E-state index in [1.807, 2.05) is 28.7 Å². The zero-order valence-electron chi connectivity index (χ0n) is 10.3. The monoisotopic (exact) mass is 381 g/mol. The lowest BCUT2D eigenvalue weighted by atomic mass is 10.0. The Morgan fingerprint density at radius 3 is 2.65 bits per heavy atom. The van der Waals surface area contributed by atoms with Crippen molar-refractivity contribution in [2.24, 2.45) is 0 Å². The molecule has 0 radical (unpaired) electrons. The molecule has 0 atom stereocenters.